The number of carbonyl (C=O) groups excluding carboxylic acids is 1. The van der Waals surface area contributed by atoms with Crippen molar-refractivity contribution in [1.82, 2.24) is 4.98 Å². The number of amides is 1. The second-order valence-corrected chi connectivity index (χ2v) is 5.21. The van der Waals surface area contributed by atoms with E-state index in [1.807, 2.05) is 0 Å². The Morgan fingerprint density at radius 2 is 2.15 bits per heavy atom. The van der Waals surface area contributed by atoms with E-state index in [9.17, 15) is 9.18 Å². The highest BCUT2D eigenvalue weighted by Crippen LogP contribution is 2.22. The van der Waals surface area contributed by atoms with Gasteiger partial charge in [0.05, 0.1) is 16.3 Å². The smallest absolute Gasteiger partial charge is 0.257 e. The molecule has 0 unspecified atom stereocenters. The van der Waals surface area contributed by atoms with Gasteiger partial charge in [-0.05, 0) is 24.3 Å². The fourth-order valence-electron chi connectivity index (χ4n) is 1.53. The van der Waals surface area contributed by atoms with Gasteiger partial charge in [0.15, 0.2) is 0 Å². The Morgan fingerprint density at radius 3 is 2.80 bits per heavy atom. The summed E-state index contributed by atoms with van der Waals surface area (Å²) in [6, 6.07) is 5.75. The monoisotopic (exact) mass is 357 g/mol. The van der Waals surface area contributed by atoms with E-state index in [4.69, 9.17) is 11.6 Å². The molecule has 4 nitrogen and oxygen atoms in total. The molecule has 2 rings (SSSR count). The van der Waals surface area contributed by atoms with E-state index in [0.29, 0.717) is 15.3 Å². The SMILES string of the molecule is CNc1ncc(C(=O)Nc2cc(Br)ccc2F)cc1Cl. The van der Waals surface area contributed by atoms with Gasteiger partial charge < -0.3 is 10.6 Å². The maximum atomic E-state index is 13.6. The second kappa shape index (κ2) is 6.19. The Kier molecular flexibility index (Phi) is 4.57. The predicted octanol–water partition coefficient (Wildman–Crippen LogP) is 3.93. The molecule has 0 fully saturated rings. The number of hydrogen-bond acceptors (Lipinski definition) is 3. The third-order valence-corrected chi connectivity index (χ3v) is 3.30. The maximum absolute atomic E-state index is 13.6. The molecule has 1 aromatic heterocycles. The minimum absolute atomic E-state index is 0.0817. The number of hydrogen-bond donors (Lipinski definition) is 2. The van der Waals surface area contributed by atoms with Crippen LogP contribution in [0.4, 0.5) is 15.9 Å². The fraction of sp³-hybridized carbons (Fsp3) is 0.0769. The predicted molar refractivity (Wildman–Crippen MR) is 80.8 cm³/mol. The summed E-state index contributed by atoms with van der Waals surface area (Å²) in [5.41, 5.74) is 0.326. The van der Waals surface area contributed by atoms with Crippen molar-refractivity contribution in [3.05, 3.63) is 51.3 Å². The lowest BCUT2D eigenvalue weighted by Gasteiger charge is -2.08. The van der Waals surface area contributed by atoms with Crippen molar-refractivity contribution in [3.8, 4) is 0 Å². The van der Waals surface area contributed by atoms with Gasteiger partial charge in [-0.3, -0.25) is 4.79 Å². The summed E-state index contributed by atoms with van der Waals surface area (Å²) < 4.78 is 14.2. The number of pyridine rings is 1. The topological polar surface area (TPSA) is 54.0 Å². The Bertz CT molecular complexity index is 666. The van der Waals surface area contributed by atoms with Crippen molar-refractivity contribution in [3.63, 3.8) is 0 Å². The van der Waals surface area contributed by atoms with Crippen LogP contribution in [0.5, 0.6) is 0 Å². The molecule has 0 bridgehead atoms. The average Bonchev–Trinajstić information content (AvgIpc) is 2.42. The molecule has 1 amide bonds. The Balaban J connectivity index is 2.24. The maximum Gasteiger partial charge on any atom is 0.257 e. The molecule has 104 valence electrons. The summed E-state index contributed by atoms with van der Waals surface area (Å²) >= 11 is 9.16. The lowest BCUT2D eigenvalue weighted by molar-refractivity contribution is 0.102. The zero-order valence-corrected chi connectivity index (χ0v) is 12.7. The first-order valence-electron chi connectivity index (χ1n) is 5.61. The first-order valence-corrected chi connectivity index (χ1v) is 6.78. The van der Waals surface area contributed by atoms with Gasteiger partial charge >= 0.3 is 0 Å². The highest BCUT2D eigenvalue weighted by molar-refractivity contribution is 9.10. The second-order valence-electron chi connectivity index (χ2n) is 3.88. The van der Waals surface area contributed by atoms with Crippen LogP contribution in [0.2, 0.25) is 5.02 Å². The molecule has 1 aromatic carbocycles. The number of rotatable bonds is 3. The van der Waals surface area contributed by atoms with E-state index in [1.165, 1.54) is 24.4 Å². The molecule has 7 heteroatoms. The molecule has 2 N–H and O–H groups in total. The molecule has 0 aliphatic carbocycles. The molecule has 0 atom stereocenters. The van der Waals surface area contributed by atoms with Crippen LogP contribution in [0.3, 0.4) is 0 Å². The first-order chi connectivity index (χ1) is 9.51. The molecule has 0 spiro atoms. The minimum Gasteiger partial charge on any atom is -0.372 e. The third kappa shape index (κ3) is 3.26. The van der Waals surface area contributed by atoms with Gasteiger partial charge in [-0.25, -0.2) is 9.37 Å². The van der Waals surface area contributed by atoms with Crippen LogP contribution in [-0.2, 0) is 0 Å². The van der Waals surface area contributed by atoms with Gasteiger partial charge in [0, 0.05) is 17.7 Å². The zero-order valence-electron chi connectivity index (χ0n) is 10.4. The van der Waals surface area contributed by atoms with Crippen LogP contribution in [0.15, 0.2) is 34.9 Å². The molecule has 20 heavy (non-hydrogen) atoms. The standard InChI is InChI=1S/C13H10BrClFN3O/c1-17-12-9(15)4-7(6-18-12)13(20)19-11-5-8(14)2-3-10(11)16/h2-6H,1H3,(H,17,18)(H,19,20). The van der Waals surface area contributed by atoms with Crippen LogP contribution in [-0.4, -0.2) is 17.9 Å². The molecular formula is C13H10BrClFN3O. The Hall–Kier alpha value is -1.66. The molecule has 2 aromatic rings. The largest absolute Gasteiger partial charge is 0.372 e. The van der Waals surface area contributed by atoms with Gasteiger partial charge in [-0.15, -0.1) is 0 Å². The van der Waals surface area contributed by atoms with Crippen molar-refractivity contribution in [2.75, 3.05) is 17.7 Å². The summed E-state index contributed by atoms with van der Waals surface area (Å²) in [5, 5.41) is 5.57. The molecule has 0 saturated carbocycles. The quantitative estimate of drug-likeness (QED) is 0.874. The fourth-order valence-corrected chi connectivity index (χ4v) is 2.16. The van der Waals surface area contributed by atoms with Gasteiger partial charge in [-0.1, -0.05) is 27.5 Å². The molecule has 1 heterocycles. The highest BCUT2D eigenvalue weighted by Gasteiger charge is 2.12. The lowest BCUT2D eigenvalue weighted by atomic mass is 10.2. The minimum atomic E-state index is -0.521. The van der Waals surface area contributed by atoms with E-state index >= 15 is 0 Å². The zero-order chi connectivity index (χ0) is 14.7. The molecule has 0 aliphatic heterocycles. The van der Waals surface area contributed by atoms with E-state index in [0.717, 1.165) is 0 Å². The number of halogens is 3. The van der Waals surface area contributed by atoms with Crippen LogP contribution in [0.1, 0.15) is 10.4 Å². The first kappa shape index (κ1) is 14.7. The van der Waals surface area contributed by atoms with Crippen molar-refractivity contribution in [2.24, 2.45) is 0 Å². The Labute approximate surface area is 128 Å². The number of benzene rings is 1. The van der Waals surface area contributed by atoms with Crippen LogP contribution in [0.25, 0.3) is 0 Å². The van der Waals surface area contributed by atoms with Crippen LogP contribution < -0.4 is 10.6 Å². The summed E-state index contributed by atoms with van der Waals surface area (Å²) in [6.07, 6.45) is 1.36. The van der Waals surface area contributed by atoms with Crippen LogP contribution in [0, 0.1) is 5.82 Å². The molecule has 0 saturated heterocycles. The normalized spacial score (nSPS) is 10.2. The lowest BCUT2D eigenvalue weighted by Crippen LogP contribution is -2.13. The van der Waals surface area contributed by atoms with Crippen molar-refractivity contribution in [2.45, 2.75) is 0 Å². The summed E-state index contributed by atoms with van der Waals surface area (Å²) in [6.45, 7) is 0. The summed E-state index contributed by atoms with van der Waals surface area (Å²) in [7, 11) is 1.67. The van der Waals surface area contributed by atoms with E-state index in [2.05, 4.69) is 31.5 Å². The van der Waals surface area contributed by atoms with Crippen molar-refractivity contribution >= 4 is 44.9 Å². The van der Waals surface area contributed by atoms with Crippen molar-refractivity contribution < 1.29 is 9.18 Å². The highest BCUT2D eigenvalue weighted by atomic mass is 79.9. The summed E-state index contributed by atoms with van der Waals surface area (Å²) in [5.74, 6) is -0.539. The molecular weight excluding hydrogens is 349 g/mol. The van der Waals surface area contributed by atoms with Gasteiger partial charge in [0.2, 0.25) is 0 Å². The van der Waals surface area contributed by atoms with Crippen molar-refractivity contribution in [1.29, 1.82) is 0 Å². The Morgan fingerprint density at radius 1 is 1.40 bits per heavy atom. The number of nitrogens with zero attached hydrogens (tertiary/aromatic N) is 1. The van der Waals surface area contributed by atoms with Gasteiger partial charge in [0.1, 0.15) is 11.6 Å². The van der Waals surface area contributed by atoms with Gasteiger partial charge in [0.25, 0.3) is 5.91 Å². The number of carbonyl (C=O) groups is 1. The third-order valence-electron chi connectivity index (χ3n) is 2.52. The van der Waals surface area contributed by atoms with E-state index < -0.39 is 11.7 Å². The van der Waals surface area contributed by atoms with Gasteiger partial charge in [-0.2, -0.15) is 0 Å². The molecule has 0 aliphatic rings. The van der Waals surface area contributed by atoms with Crippen LogP contribution >= 0.6 is 27.5 Å². The number of anilines is 2. The number of aromatic nitrogens is 1. The number of nitrogens with one attached hydrogen (secondary N) is 2. The van der Waals surface area contributed by atoms with E-state index in [1.54, 1.807) is 13.1 Å². The summed E-state index contributed by atoms with van der Waals surface area (Å²) in [4.78, 5) is 16.0. The van der Waals surface area contributed by atoms with E-state index in [-0.39, 0.29) is 11.3 Å². The molecule has 0 radical (unpaired) electrons. The average molecular weight is 359 g/mol.